The highest BCUT2D eigenvalue weighted by atomic mass is 32.2. The second-order valence-electron chi connectivity index (χ2n) is 20.5. The van der Waals surface area contributed by atoms with Gasteiger partial charge in [-0.25, -0.2) is 9.78 Å². The number of thioether (sulfide) groups is 1. The molecular formula is C60H55N7O11S2. The smallest absolute Gasteiger partial charge is 0.353 e. The number of amides is 2. The SMILES string of the molecule is CC(C)(C)OC(=O)C(C)(C)ON=C(C(=O)NC1C(=O)N2CC(C=Cc3ccc([N+](=O)[O-])cc3[N+](=O)[O-])(C(=O)OC(c3ccccc3)c3ccccc3)CS[C@H]12)c1csc(NC(c2ccccc2)(c2ccccc2)c2ccccc2)n1. The average molecular weight is 1110 g/mol. The number of non-ortho nitro benzene ring substituents is 1. The molecule has 2 unspecified atom stereocenters. The van der Waals surface area contributed by atoms with Crippen LogP contribution < -0.4 is 10.6 Å². The summed E-state index contributed by atoms with van der Waals surface area (Å²) in [6.45, 7) is 7.73. The molecule has 80 heavy (non-hydrogen) atoms. The molecular weight excluding hydrogens is 1060 g/mol. The van der Waals surface area contributed by atoms with Gasteiger partial charge in [0.15, 0.2) is 16.9 Å². The number of esters is 2. The molecule has 3 heterocycles. The zero-order valence-electron chi connectivity index (χ0n) is 44.1. The first kappa shape index (κ1) is 55.7. The maximum Gasteiger partial charge on any atom is 0.353 e. The van der Waals surface area contributed by atoms with Crippen LogP contribution >= 0.6 is 23.1 Å². The largest absolute Gasteiger partial charge is 0.457 e. The second-order valence-corrected chi connectivity index (χ2v) is 22.5. The number of anilines is 1. The molecule has 0 radical (unpaired) electrons. The zero-order chi connectivity index (χ0) is 56.8. The lowest BCUT2D eigenvalue weighted by molar-refractivity contribution is -0.394. The Morgan fingerprint density at radius 1 is 0.775 bits per heavy atom. The monoisotopic (exact) mass is 1110 g/mol. The van der Waals surface area contributed by atoms with Crippen molar-refractivity contribution in [1.29, 1.82) is 0 Å². The fraction of sp³-hybridized carbons (Fsp3) is 0.233. The Morgan fingerprint density at radius 3 is 1.82 bits per heavy atom. The van der Waals surface area contributed by atoms with E-state index < -0.39 is 84.7 Å². The number of nitrogens with zero attached hydrogens (tertiary/aromatic N) is 5. The second kappa shape index (κ2) is 23.1. The lowest BCUT2D eigenvalue weighted by Gasteiger charge is -2.53. The molecule has 0 bridgehead atoms. The summed E-state index contributed by atoms with van der Waals surface area (Å²) in [7, 11) is 0. The maximum absolute atomic E-state index is 15.0. The fourth-order valence-corrected chi connectivity index (χ4v) is 11.5. The number of oxime groups is 1. The number of β-lactam (4-membered cyclic amide) rings is 1. The molecule has 1 aromatic heterocycles. The number of carbonyl (C=O) groups is 4. The number of nitrogens with one attached hydrogen (secondary N) is 2. The van der Waals surface area contributed by atoms with E-state index in [1.165, 1.54) is 60.1 Å². The summed E-state index contributed by atoms with van der Waals surface area (Å²) in [5.74, 6) is -2.99. The van der Waals surface area contributed by atoms with E-state index in [9.17, 15) is 39.4 Å². The molecule has 2 aliphatic heterocycles. The molecule has 18 nitrogen and oxygen atoms in total. The summed E-state index contributed by atoms with van der Waals surface area (Å²) in [5.41, 5.74) is -2.63. The first-order valence-corrected chi connectivity index (χ1v) is 27.3. The van der Waals surface area contributed by atoms with Crippen LogP contribution in [0.1, 0.15) is 79.8 Å². The Balaban J connectivity index is 1.04. The summed E-state index contributed by atoms with van der Waals surface area (Å²) >= 11 is 2.37. The standard InChI is InChI=1S/C60H55N7O11S2/c1-57(2,3)77-54(70)58(4,5)78-64-48(46-36-79-56(61-46)63-60(42-25-15-8-16-26-42,43-27-17-9-18-28-43)44-29-19-10-20-30-44)51(68)62-49-52(69)65-37-59(38-80-53(49)65,34-33-39-31-32-45(66(72)73)35-47(39)67(74)75)55(71)76-50(40-21-11-6-12-22-40)41-23-13-7-14-24-41/h6-36,49-50,53H,37-38H2,1-5H3,(H,61,63)(H,62,68)/t49?,53-,59?/m1/s1. The number of nitro groups is 2. The highest BCUT2D eigenvalue weighted by Gasteiger charge is 2.58. The summed E-state index contributed by atoms with van der Waals surface area (Å²) in [5, 5.41) is 35.9. The average Bonchev–Trinajstić information content (AvgIpc) is 4.08. The van der Waals surface area contributed by atoms with E-state index in [-0.39, 0.29) is 29.3 Å². The third-order valence-corrected chi connectivity index (χ3v) is 15.7. The van der Waals surface area contributed by atoms with Crippen molar-refractivity contribution in [2.75, 3.05) is 17.6 Å². The van der Waals surface area contributed by atoms with Gasteiger partial charge in [0.05, 0.1) is 21.5 Å². The van der Waals surface area contributed by atoms with Crippen LogP contribution in [0, 0.1) is 25.6 Å². The molecule has 7 aromatic rings. The Labute approximate surface area is 469 Å². The van der Waals surface area contributed by atoms with Gasteiger partial charge in [-0.05, 0) is 68.5 Å². The lowest BCUT2D eigenvalue weighted by atomic mass is 9.77. The molecule has 9 rings (SSSR count). The minimum Gasteiger partial charge on any atom is -0.457 e. The molecule has 2 saturated heterocycles. The highest BCUT2D eigenvalue weighted by molar-refractivity contribution is 8.00. The van der Waals surface area contributed by atoms with Crippen LogP contribution in [0.4, 0.5) is 16.5 Å². The van der Waals surface area contributed by atoms with Gasteiger partial charge in [-0.3, -0.25) is 34.6 Å². The van der Waals surface area contributed by atoms with E-state index in [0.29, 0.717) is 16.3 Å². The quantitative estimate of drug-likeness (QED) is 0.0191. The maximum atomic E-state index is 15.0. The van der Waals surface area contributed by atoms with Gasteiger partial charge in [-0.15, -0.1) is 23.1 Å². The molecule has 0 aliphatic carbocycles. The third kappa shape index (κ3) is 11.9. The van der Waals surface area contributed by atoms with Crippen molar-refractivity contribution in [1.82, 2.24) is 15.2 Å². The minimum absolute atomic E-state index is 0.0298. The van der Waals surface area contributed by atoms with Crippen LogP contribution in [0.15, 0.2) is 186 Å². The lowest BCUT2D eigenvalue weighted by Crippen LogP contribution is -2.74. The molecule has 0 saturated carbocycles. The van der Waals surface area contributed by atoms with Gasteiger partial charge in [0.25, 0.3) is 17.3 Å². The predicted octanol–water partition coefficient (Wildman–Crippen LogP) is 10.6. The molecule has 408 valence electrons. The van der Waals surface area contributed by atoms with Gasteiger partial charge >= 0.3 is 11.9 Å². The number of fused-ring (bicyclic) bond motifs is 1. The molecule has 2 amide bonds. The first-order valence-electron chi connectivity index (χ1n) is 25.3. The fourth-order valence-electron chi connectivity index (χ4n) is 9.28. The van der Waals surface area contributed by atoms with E-state index in [4.69, 9.17) is 19.3 Å². The summed E-state index contributed by atoms with van der Waals surface area (Å²) in [6, 6.07) is 49.6. The van der Waals surface area contributed by atoms with E-state index in [1.54, 1.807) is 50.4 Å². The molecule has 20 heteroatoms. The molecule has 2 aliphatic rings. The Bertz CT molecular complexity index is 3350. The van der Waals surface area contributed by atoms with Crippen molar-refractivity contribution in [3.8, 4) is 0 Å². The first-order chi connectivity index (χ1) is 38.3. The van der Waals surface area contributed by atoms with Crippen LogP contribution in [0.3, 0.4) is 0 Å². The summed E-state index contributed by atoms with van der Waals surface area (Å²) < 4.78 is 12.0. The molecule has 2 fully saturated rings. The molecule has 3 atom stereocenters. The van der Waals surface area contributed by atoms with Crippen LogP contribution in [0.5, 0.6) is 0 Å². The number of thiazole rings is 1. The Hall–Kier alpha value is -9.01. The number of hydrogen-bond acceptors (Lipinski definition) is 16. The molecule has 6 aromatic carbocycles. The number of benzene rings is 6. The topological polar surface area (TPSA) is 235 Å². The van der Waals surface area contributed by atoms with E-state index in [1.807, 2.05) is 127 Å². The van der Waals surface area contributed by atoms with Crippen molar-refractivity contribution in [2.24, 2.45) is 10.6 Å². The van der Waals surface area contributed by atoms with Gasteiger partial charge < -0.3 is 29.8 Å². The number of hydrogen-bond donors (Lipinski definition) is 2. The predicted molar refractivity (Wildman–Crippen MR) is 304 cm³/mol. The van der Waals surface area contributed by atoms with Crippen LogP contribution in [-0.4, -0.2) is 84.1 Å². The van der Waals surface area contributed by atoms with Crippen molar-refractivity contribution in [3.05, 3.63) is 241 Å². The van der Waals surface area contributed by atoms with Gasteiger partial charge in [0, 0.05) is 23.7 Å². The van der Waals surface area contributed by atoms with E-state index in [0.717, 1.165) is 28.8 Å². The Morgan fingerprint density at radius 2 is 1.31 bits per heavy atom. The van der Waals surface area contributed by atoms with Gasteiger partial charge in [0.1, 0.15) is 33.7 Å². The van der Waals surface area contributed by atoms with Crippen molar-refractivity contribution < 1.29 is 43.3 Å². The van der Waals surface area contributed by atoms with E-state index in [2.05, 4.69) is 15.8 Å². The minimum atomic E-state index is -1.71. The van der Waals surface area contributed by atoms with Crippen LogP contribution in [0.25, 0.3) is 6.08 Å². The van der Waals surface area contributed by atoms with Crippen LogP contribution in [0.2, 0.25) is 0 Å². The number of aromatic nitrogens is 1. The summed E-state index contributed by atoms with van der Waals surface area (Å²) in [4.78, 5) is 92.3. The van der Waals surface area contributed by atoms with Crippen molar-refractivity contribution in [2.45, 2.75) is 68.9 Å². The normalized spacial score (nSPS) is 17.4. The van der Waals surface area contributed by atoms with Crippen LogP contribution in [-0.2, 0) is 39.0 Å². The molecule has 0 spiro atoms. The zero-order valence-corrected chi connectivity index (χ0v) is 45.7. The number of rotatable bonds is 19. The molecule has 2 N–H and O–H groups in total. The number of carbonyl (C=O) groups excluding carboxylic acids is 4. The van der Waals surface area contributed by atoms with Gasteiger partial charge in [0.2, 0.25) is 11.5 Å². The Kier molecular flexibility index (Phi) is 16.1. The third-order valence-electron chi connectivity index (χ3n) is 13.4. The highest BCUT2D eigenvalue weighted by Crippen LogP contribution is 2.46. The van der Waals surface area contributed by atoms with E-state index >= 15 is 0 Å². The summed E-state index contributed by atoms with van der Waals surface area (Å²) in [6.07, 6.45) is 1.86. The van der Waals surface area contributed by atoms with Gasteiger partial charge in [-0.2, -0.15) is 0 Å². The number of ether oxygens (including phenoxy) is 2. The van der Waals surface area contributed by atoms with Crippen molar-refractivity contribution >= 4 is 75.1 Å². The van der Waals surface area contributed by atoms with Crippen molar-refractivity contribution in [3.63, 3.8) is 0 Å². The number of nitro benzene ring substituents is 2. The van der Waals surface area contributed by atoms with Gasteiger partial charge in [-0.1, -0.05) is 169 Å².